The van der Waals surface area contributed by atoms with E-state index in [4.69, 9.17) is 25.8 Å². The van der Waals surface area contributed by atoms with Crippen LogP contribution < -0.4 is 19.5 Å². The number of anilines is 1. The van der Waals surface area contributed by atoms with E-state index in [1.807, 2.05) is 0 Å². The molecule has 0 saturated heterocycles. The number of rotatable bonds is 5. The summed E-state index contributed by atoms with van der Waals surface area (Å²) in [6.07, 6.45) is 0. The molecule has 0 aliphatic carbocycles. The van der Waals surface area contributed by atoms with Gasteiger partial charge in [-0.1, -0.05) is 11.6 Å². The Morgan fingerprint density at radius 3 is 1.95 bits per heavy atom. The fourth-order valence-corrected chi connectivity index (χ4v) is 2.08. The lowest BCUT2D eigenvalue weighted by Gasteiger charge is -2.14. The standard InChI is InChI=1S/C16H16ClNO4/c1-20-13-8-12(9-14(21-2)15(13)22-3)18-16(19)10-4-6-11(17)7-5-10/h4-9H,1-3H3,(H,18,19). The van der Waals surface area contributed by atoms with Gasteiger partial charge in [-0.15, -0.1) is 0 Å². The number of halogens is 1. The van der Waals surface area contributed by atoms with Gasteiger partial charge in [0.25, 0.3) is 5.91 Å². The third-order valence-electron chi connectivity index (χ3n) is 3.03. The molecule has 0 saturated carbocycles. The third kappa shape index (κ3) is 3.43. The summed E-state index contributed by atoms with van der Waals surface area (Å²) >= 11 is 5.81. The van der Waals surface area contributed by atoms with Crippen molar-refractivity contribution in [3.63, 3.8) is 0 Å². The van der Waals surface area contributed by atoms with E-state index in [1.165, 1.54) is 21.3 Å². The van der Waals surface area contributed by atoms with Crippen LogP contribution in [0, 0.1) is 0 Å². The van der Waals surface area contributed by atoms with E-state index in [2.05, 4.69) is 5.32 Å². The van der Waals surface area contributed by atoms with Gasteiger partial charge in [-0.2, -0.15) is 0 Å². The zero-order chi connectivity index (χ0) is 16.1. The van der Waals surface area contributed by atoms with Crippen molar-refractivity contribution in [3.8, 4) is 17.2 Å². The van der Waals surface area contributed by atoms with Crippen LogP contribution in [-0.4, -0.2) is 27.2 Å². The minimum atomic E-state index is -0.258. The summed E-state index contributed by atoms with van der Waals surface area (Å²) < 4.78 is 15.7. The van der Waals surface area contributed by atoms with Crippen molar-refractivity contribution in [3.05, 3.63) is 47.0 Å². The Kier molecular flexibility index (Phi) is 5.12. The summed E-state index contributed by atoms with van der Waals surface area (Å²) in [6.45, 7) is 0. The lowest BCUT2D eigenvalue weighted by molar-refractivity contribution is 0.102. The van der Waals surface area contributed by atoms with Crippen molar-refractivity contribution in [2.75, 3.05) is 26.6 Å². The number of methoxy groups -OCH3 is 3. The van der Waals surface area contributed by atoms with Gasteiger partial charge in [-0.05, 0) is 24.3 Å². The number of nitrogens with one attached hydrogen (secondary N) is 1. The van der Waals surface area contributed by atoms with Crippen molar-refractivity contribution in [1.29, 1.82) is 0 Å². The van der Waals surface area contributed by atoms with Crippen molar-refractivity contribution in [2.45, 2.75) is 0 Å². The smallest absolute Gasteiger partial charge is 0.255 e. The Hall–Kier alpha value is -2.40. The van der Waals surface area contributed by atoms with Crippen LogP contribution in [-0.2, 0) is 0 Å². The highest BCUT2D eigenvalue weighted by atomic mass is 35.5. The number of hydrogen-bond donors (Lipinski definition) is 1. The topological polar surface area (TPSA) is 56.8 Å². The molecule has 0 unspecified atom stereocenters. The lowest BCUT2D eigenvalue weighted by Crippen LogP contribution is -2.12. The molecule has 0 spiro atoms. The van der Waals surface area contributed by atoms with Crippen LogP contribution in [0.15, 0.2) is 36.4 Å². The molecule has 2 aromatic rings. The normalized spacial score (nSPS) is 10.0. The predicted octanol–water partition coefficient (Wildman–Crippen LogP) is 3.62. The number of ether oxygens (including phenoxy) is 3. The fraction of sp³-hybridized carbons (Fsp3) is 0.188. The Morgan fingerprint density at radius 1 is 0.955 bits per heavy atom. The first-order valence-corrected chi connectivity index (χ1v) is 6.83. The minimum absolute atomic E-state index is 0.258. The average Bonchev–Trinajstić information content (AvgIpc) is 2.54. The molecule has 116 valence electrons. The second-order valence-electron chi connectivity index (χ2n) is 4.38. The van der Waals surface area contributed by atoms with Gasteiger partial charge in [-0.3, -0.25) is 4.79 Å². The number of carbonyl (C=O) groups excluding carboxylic acids is 1. The molecule has 5 nitrogen and oxygen atoms in total. The zero-order valence-electron chi connectivity index (χ0n) is 12.5. The summed E-state index contributed by atoms with van der Waals surface area (Å²) in [6, 6.07) is 9.94. The molecular weight excluding hydrogens is 306 g/mol. The van der Waals surface area contributed by atoms with Crippen LogP contribution in [0.1, 0.15) is 10.4 Å². The second kappa shape index (κ2) is 7.04. The van der Waals surface area contributed by atoms with Gasteiger partial charge in [0, 0.05) is 28.4 Å². The van der Waals surface area contributed by atoms with E-state index in [-0.39, 0.29) is 5.91 Å². The molecule has 0 atom stereocenters. The highest BCUT2D eigenvalue weighted by Gasteiger charge is 2.15. The first-order chi connectivity index (χ1) is 10.6. The molecule has 0 aliphatic heterocycles. The molecule has 1 N–H and O–H groups in total. The predicted molar refractivity (Wildman–Crippen MR) is 85.5 cm³/mol. The van der Waals surface area contributed by atoms with E-state index >= 15 is 0 Å². The quantitative estimate of drug-likeness (QED) is 0.914. The maximum absolute atomic E-state index is 12.2. The van der Waals surface area contributed by atoms with E-state index in [1.54, 1.807) is 36.4 Å². The summed E-state index contributed by atoms with van der Waals surface area (Å²) in [4.78, 5) is 12.2. The highest BCUT2D eigenvalue weighted by molar-refractivity contribution is 6.30. The summed E-state index contributed by atoms with van der Waals surface area (Å²) in [7, 11) is 4.55. The van der Waals surface area contributed by atoms with Gasteiger partial charge >= 0.3 is 0 Å². The molecule has 0 fully saturated rings. The van der Waals surface area contributed by atoms with E-state index in [0.717, 1.165) is 0 Å². The third-order valence-corrected chi connectivity index (χ3v) is 3.28. The monoisotopic (exact) mass is 321 g/mol. The summed E-state index contributed by atoms with van der Waals surface area (Å²) in [5.74, 6) is 1.14. The van der Waals surface area contributed by atoms with E-state index in [0.29, 0.717) is 33.5 Å². The van der Waals surface area contributed by atoms with Gasteiger partial charge in [0.1, 0.15) is 0 Å². The molecule has 0 bridgehead atoms. The second-order valence-corrected chi connectivity index (χ2v) is 4.81. The van der Waals surface area contributed by atoms with Crippen molar-refractivity contribution < 1.29 is 19.0 Å². The molecule has 0 heterocycles. The molecule has 0 aromatic heterocycles. The Labute approximate surface area is 133 Å². The lowest BCUT2D eigenvalue weighted by atomic mass is 10.2. The fourth-order valence-electron chi connectivity index (χ4n) is 1.96. The Morgan fingerprint density at radius 2 is 1.50 bits per heavy atom. The van der Waals surface area contributed by atoms with Crippen molar-refractivity contribution >= 4 is 23.2 Å². The first kappa shape index (κ1) is 16.0. The van der Waals surface area contributed by atoms with Crippen LogP contribution in [0.3, 0.4) is 0 Å². The van der Waals surface area contributed by atoms with Gasteiger partial charge in [0.2, 0.25) is 5.75 Å². The number of hydrogen-bond acceptors (Lipinski definition) is 4. The Balaban J connectivity index is 2.29. The minimum Gasteiger partial charge on any atom is -0.493 e. The van der Waals surface area contributed by atoms with Crippen molar-refractivity contribution in [1.82, 2.24) is 0 Å². The molecule has 22 heavy (non-hydrogen) atoms. The summed E-state index contributed by atoms with van der Waals surface area (Å²) in [5.41, 5.74) is 1.03. The maximum Gasteiger partial charge on any atom is 0.255 e. The van der Waals surface area contributed by atoms with Crippen molar-refractivity contribution in [2.24, 2.45) is 0 Å². The molecule has 0 aliphatic rings. The van der Waals surface area contributed by atoms with Gasteiger partial charge in [0.05, 0.1) is 21.3 Å². The van der Waals surface area contributed by atoms with Crippen LogP contribution in [0.25, 0.3) is 0 Å². The van der Waals surface area contributed by atoms with Gasteiger partial charge in [-0.25, -0.2) is 0 Å². The molecule has 2 rings (SSSR count). The van der Waals surface area contributed by atoms with E-state index < -0.39 is 0 Å². The number of benzene rings is 2. The number of amides is 1. The molecule has 6 heteroatoms. The molecular formula is C16H16ClNO4. The van der Waals surface area contributed by atoms with Crippen LogP contribution in [0.4, 0.5) is 5.69 Å². The molecule has 1 amide bonds. The van der Waals surface area contributed by atoms with Crippen LogP contribution >= 0.6 is 11.6 Å². The van der Waals surface area contributed by atoms with Gasteiger partial charge < -0.3 is 19.5 Å². The van der Waals surface area contributed by atoms with Crippen LogP contribution in [0.5, 0.6) is 17.2 Å². The first-order valence-electron chi connectivity index (χ1n) is 6.46. The van der Waals surface area contributed by atoms with Crippen LogP contribution in [0.2, 0.25) is 5.02 Å². The average molecular weight is 322 g/mol. The Bertz CT molecular complexity index is 645. The SMILES string of the molecule is COc1cc(NC(=O)c2ccc(Cl)cc2)cc(OC)c1OC. The zero-order valence-corrected chi connectivity index (χ0v) is 13.2. The molecule has 2 aromatic carbocycles. The largest absolute Gasteiger partial charge is 0.493 e. The maximum atomic E-state index is 12.2. The number of carbonyl (C=O) groups is 1. The van der Waals surface area contributed by atoms with E-state index in [9.17, 15) is 4.79 Å². The highest BCUT2D eigenvalue weighted by Crippen LogP contribution is 2.40. The molecule has 0 radical (unpaired) electrons. The summed E-state index contributed by atoms with van der Waals surface area (Å²) in [5, 5.41) is 3.35. The van der Waals surface area contributed by atoms with Gasteiger partial charge in [0.15, 0.2) is 11.5 Å².